The lowest BCUT2D eigenvalue weighted by Gasteiger charge is -2.09. The average Bonchev–Trinajstić information content (AvgIpc) is 2.34. The highest BCUT2D eigenvalue weighted by Gasteiger charge is 2.16. The number of halogens is 1. The quantitative estimate of drug-likeness (QED) is 0.850. The fourth-order valence-electron chi connectivity index (χ4n) is 1.49. The van der Waals surface area contributed by atoms with Crippen LogP contribution in [0, 0.1) is 23.1 Å². The Morgan fingerprint density at radius 1 is 1.53 bits per heavy atom. The predicted molar refractivity (Wildman–Crippen MR) is 62.3 cm³/mol. The highest BCUT2D eigenvalue weighted by atomic mass is 19.1. The van der Waals surface area contributed by atoms with E-state index in [-0.39, 0.29) is 18.3 Å². The SMILES string of the molecule is CCCC(C#N)C(=O)NCc1ccccc1F. The van der Waals surface area contributed by atoms with Gasteiger partial charge in [0.15, 0.2) is 0 Å². The predicted octanol–water partition coefficient (Wildman–Crippen LogP) is 2.38. The number of nitrogens with zero attached hydrogens (tertiary/aromatic N) is 1. The van der Waals surface area contributed by atoms with Crippen molar-refractivity contribution < 1.29 is 9.18 Å². The second-order valence-electron chi connectivity index (χ2n) is 3.78. The summed E-state index contributed by atoms with van der Waals surface area (Å²) in [7, 11) is 0. The summed E-state index contributed by atoms with van der Waals surface area (Å²) in [4.78, 5) is 11.6. The van der Waals surface area contributed by atoms with Crippen molar-refractivity contribution >= 4 is 5.91 Å². The molecule has 1 amide bonds. The maximum atomic E-state index is 13.3. The van der Waals surface area contributed by atoms with Crippen molar-refractivity contribution in [1.29, 1.82) is 5.26 Å². The monoisotopic (exact) mass is 234 g/mol. The summed E-state index contributed by atoms with van der Waals surface area (Å²) in [6, 6.07) is 8.20. The van der Waals surface area contributed by atoms with Crippen molar-refractivity contribution in [2.24, 2.45) is 5.92 Å². The summed E-state index contributed by atoms with van der Waals surface area (Å²) in [6.07, 6.45) is 1.30. The van der Waals surface area contributed by atoms with Crippen LogP contribution in [0.2, 0.25) is 0 Å². The van der Waals surface area contributed by atoms with Gasteiger partial charge in [0.1, 0.15) is 11.7 Å². The molecule has 4 heteroatoms. The molecule has 0 heterocycles. The number of hydrogen-bond donors (Lipinski definition) is 1. The van der Waals surface area contributed by atoms with Crippen LogP contribution in [0.3, 0.4) is 0 Å². The van der Waals surface area contributed by atoms with Gasteiger partial charge in [0.2, 0.25) is 5.91 Å². The van der Waals surface area contributed by atoms with Gasteiger partial charge in [0.05, 0.1) is 6.07 Å². The lowest BCUT2D eigenvalue weighted by atomic mass is 10.0. The lowest BCUT2D eigenvalue weighted by Crippen LogP contribution is -2.29. The fourth-order valence-corrected chi connectivity index (χ4v) is 1.49. The Morgan fingerprint density at radius 3 is 2.82 bits per heavy atom. The minimum atomic E-state index is -0.647. The molecule has 0 saturated heterocycles. The van der Waals surface area contributed by atoms with E-state index < -0.39 is 5.92 Å². The maximum Gasteiger partial charge on any atom is 0.237 e. The van der Waals surface area contributed by atoms with Crippen LogP contribution in [0.4, 0.5) is 4.39 Å². The van der Waals surface area contributed by atoms with Crippen molar-refractivity contribution in [3.63, 3.8) is 0 Å². The Hall–Kier alpha value is -1.89. The highest BCUT2D eigenvalue weighted by Crippen LogP contribution is 2.08. The minimum absolute atomic E-state index is 0.118. The zero-order valence-corrected chi connectivity index (χ0v) is 9.74. The van der Waals surface area contributed by atoms with Gasteiger partial charge in [-0.25, -0.2) is 4.39 Å². The molecule has 1 aromatic carbocycles. The van der Waals surface area contributed by atoms with E-state index >= 15 is 0 Å². The van der Waals surface area contributed by atoms with Crippen molar-refractivity contribution in [3.05, 3.63) is 35.6 Å². The molecule has 0 spiro atoms. The summed E-state index contributed by atoms with van der Waals surface area (Å²) in [5, 5.41) is 11.4. The van der Waals surface area contributed by atoms with Crippen LogP contribution < -0.4 is 5.32 Å². The second kappa shape index (κ2) is 6.64. The summed E-state index contributed by atoms with van der Waals surface area (Å²) >= 11 is 0. The van der Waals surface area contributed by atoms with E-state index in [2.05, 4.69) is 5.32 Å². The smallest absolute Gasteiger partial charge is 0.237 e. The first-order valence-corrected chi connectivity index (χ1v) is 5.59. The zero-order valence-electron chi connectivity index (χ0n) is 9.74. The number of hydrogen-bond acceptors (Lipinski definition) is 2. The van der Waals surface area contributed by atoms with E-state index in [1.165, 1.54) is 6.07 Å². The van der Waals surface area contributed by atoms with Crippen LogP contribution in [-0.2, 0) is 11.3 Å². The van der Waals surface area contributed by atoms with Crippen LogP contribution in [0.5, 0.6) is 0 Å². The summed E-state index contributed by atoms with van der Waals surface area (Å²) in [5.74, 6) is -1.33. The van der Waals surface area contributed by atoms with Gasteiger partial charge in [-0.3, -0.25) is 4.79 Å². The number of carbonyl (C=O) groups excluding carboxylic acids is 1. The van der Waals surface area contributed by atoms with Crippen LogP contribution in [0.1, 0.15) is 25.3 Å². The van der Waals surface area contributed by atoms with Crippen molar-refractivity contribution in [2.45, 2.75) is 26.3 Å². The molecule has 1 atom stereocenters. The Bertz CT molecular complexity index is 426. The molecule has 0 aliphatic rings. The largest absolute Gasteiger partial charge is 0.351 e. The van der Waals surface area contributed by atoms with Crippen LogP contribution >= 0.6 is 0 Å². The van der Waals surface area contributed by atoms with Gasteiger partial charge >= 0.3 is 0 Å². The molecule has 0 bridgehead atoms. The first-order valence-electron chi connectivity index (χ1n) is 5.59. The molecule has 1 aromatic rings. The average molecular weight is 234 g/mol. The van der Waals surface area contributed by atoms with Gasteiger partial charge in [-0.1, -0.05) is 31.5 Å². The van der Waals surface area contributed by atoms with Crippen LogP contribution in [0.25, 0.3) is 0 Å². The molecule has 0 aromatic heterocycles. The van der Waals surface area contributed by atoms with Gasteiger partial charge in [-0.05, 0) is 12.5 Å². The highest BCUT2D eigenvalue weighted by molar-refractivity contribution is 5.80. The topological polar surface area (TPSA) is 52.9 Å². The van der Waals surface area contributed by atoms with Gasteiger partial charge in [-0.15, -0.1) is 0 Å². The first-order chi connectivity index (χ1) is 8.19. The van der Waals surface area contributed by atoms with E-state index in [0.717, 1.165) is 6.42 Å². The molecule has 3 nitrogen and oxygen atoms in total. The van der Waals surface area contributed by atoms with E-state index in [1.807, 2.05) is 13.0 Å². The molecule has 0 saturated carbocycles. The molecular formula is C13H15FN2O. The molecule has 0 fully saturated rings. The van der Waals surface area contributed by atoms with Crippen LogP contribution in [-0.4, -0.2) is 5.91 Å². The second-order valence-corrected chi connectivity index (χ2v) is 3.78. The number of nitriles is 1. The number of carbonyl (C=O) groups is 1. The van der Waals surface area contributed by atoms with E-state index in [9.17, 15) is 9.18 Å². The van der Waals surface area contributed by atoms with E-state index in [0.29, 0.717) is 12.0 Å². The molecule has 1 unspecified atom stereocenters. The Balaban J connectivity index is 2.54. The molecule has 0 aliphatic heterocycles. The number of benzene rings is 1. The van der Waals surface area contributed by atoms with E-state index in [4.69, 9.17) is 5.26 Å². The molecule has 1 rings (SSSR count). The molecule has 1 N–H and O–H groups in total. The van der Waals surface area contributed by atoms with Crippen molar-refractivity contribution in [3.8, 4) is 6.07 Å². The zero-order chi connectivity index (χ0) is 12.7. The van der Waals surface area contributed by atoms with Crippen molar-refractivity contribution in [2.75, 3.05) is 0 Å². The minimum Gasteiger partial charge on any atom is -0.351 e. The van der Waals surface area contributed by atoms with Gasteiger partial charge in [0, 0.05) is 12.1 Å². The summed E-state index contributed by atoms with van der Waals surface area (Å²) in [6.45, 7) is 2.03. The normalized spacial score (nSPS) is 11.6. The van der Waals surface area contributed by atoms with Gasteiger partial charge in [0.25, 0.3) is 0 Å². The van der Waals surface area contributed by atoms with Crippen LogP contribution in [0.15, 0.2) is 24.3 Å². The number of rotatable bonds is 5. The van der Waals surface area contributed by atoms with E-state index in [1.54, 1.807) is 18.2 Å². The third kappa shape index (κ3) is 3.87. The molecule has 0 aliphatic carbocycles. The third-order valence-electron chi connectivity index (χ3n) is 2.46. The first kappa shape index (κ1) is 13.2. The van der Waals surface area contributed by atoms with Gasteiger partial charge in [-0.2, -0.15) is 5.26 Å². The van der Waals surface area contributed by atoms with Crippen molar-refractivity contribution in [1.82, 2.24) is 5.32 Å². The number of amides is 1. The fraction of sp³-hybridized carbons (Fsp3) is 0.385. The summed E-state index contributed by atoms with van der Waals surface area (Å²) < 4.78 is 13.3. The lowest BCUT2D eigenvalue weighted by molar-refractivity contribution is -0.123. The Morgan fingerprint density at radius 2 is 2.24 bits per heavy atom. The van der Waals surface area contributed by atoms with Gasteiger partial charge < -0.3 is 5.32 Å². The Labute approximate surface area is 100 Å². The maximum absolute atomic E-state index is 13.3. The third-order valence-corrected chi connectivity index (χ3v) is 2.46. The molecule has 0 radical (unpaired) electrons. The molecular weight excluding hydrogens is 219 g/mol. The number of nitrogens with one attached hydrogen (secondary N) is 1. The standard InChI is InChI=1S/C13H15FN2O/c1-2-5-10(8-15)13(17)16-9-11-6-3-4-7-12(11)14/h3-4,6-7,10H,2,5,9H2,1H3,(H,16,17). The molecule has 17 heavy (non-hydrogen) atoms. The Kier molecular flexibility index (Phi) is 5.15. The summed E-state index contributed by atoms with van der Waals surface area (Å²) in [5.41, 5.74) is 0.425. The molecule has 90 valence electrons.